The van der Waals surface area contributed by atoms with E-state index in [4.69, 9.17) is 0 Å². The van der Waals surface area contributed by atoms with Crippen LogP contribution < -0.4 is 5.32 Å². The third kappa shape index (κ3) is 4.42. The van der Waals surface area contributed by atoms with E-state index in [1.165, 1.54) is 16.6 Å². The topological polar surface area (TPSA) is 72.7 Å². The van der Waals surface area contributed by atoms with Gasteiger partial charge in [0.25, 0.3) is 0 Å². The van der Waals surface area contributed by atoms with E-state index < -0.39 is 0 Å². The summed E-state index contributed by atoms with van der Waals surface area (Å²) < 4.78 is 1.72. The number of nitrogens with one attached hydrogen (secondary N) is 1. The third-order valence-corrected chi connectivity index (χ3v) is 5.28. The number of hydrogen-bond acceptors (Lipinski definition) is 6. The fraction of sp³-hybridized carbons (Fsp3) is 0.250. The molecule has 0 saturated carbocycles. The number of nitrogens with zero attached hydrogens (tertiary/aromatic N) is 4. The highest BCUT2D eigenvalue weighted by atomic mass is 32.2. The zero-order chi connectivity index (χ0) is 16.8. The predicted octanol–water partition coefficient (Wildman–Crippen LogP) is 2.58. The van der Waals surface area contributed by atoms with Crippen molar-refractivity contribution < 1.29 is 4.79 Å². The summed E-state index contributed by atoms with van der Waals surface area (Å²) in [5.74, 6) is -0.0328. The summed E-state index contributed by atoms with van der Waals surface area (Å²) in [6.07, 6.45) is 0. The molecule has 3 aromatic rings. The van der Waals surface area contributed by atoms with E-state index in [0.29, 0.717) is 18.2 Å². The first-order valence-electron chi connectivity index (χ1n) is 7.49. The first-order valence-corrected chi connectivity index (χ1v) is 9.25. The van der Waals surface area contributed by atoms with E-state index in [1.807, 2.05) is 54.8 Å². The van der Waals surface area contributed by atoms with Gasteiger partial charge in [0, 0.05) is 11.4 Å². The number of thiophene rings is 1. The molecule has 0 spiro atoms. The normalized spacial score (nSPS) is 12.0. The fourth-order valence-corrected chi connectivity index (χ4v) is 3.57. The van der Waals surface area contributed by atoms with Crippen LogP contribution in [-0.2, 0) is 17.9 Å². The van der Waals surface area contributed by atoms with Crippen molar-refractivity contribution in [1.29, 1.82) is 0 Å². The minimum absolute atomic E-state index is 0.0328. The molecule has 3 rings (SSSR count). The molecule has 2 aromatic heterocycles. The summed E-state index contributed by atoms with van der Waals surface area (Å²) in [6, 6.07) is 13.9. The largest absolute Gasteiger partial charge is 0.351 e. The van der Waals surface area contributed by atoms with Crippen LogP contribution in [0.1, 0.15) is 17.4 Å². The Balaban J connectivity index is 1.55. The van der Waals surface area contributed by atoms with Crippen LogP contribution >= 0.6 is 23.1 Å². The molecular weight excluding hydrogens is 342 g/mol. The second-order valence-corrected chi connectivity index (χ2v) is 7.50. The van der Waals surface area contributed by atoms with Gasteiger partial charge in [-0.3, -0.25) is 4.79 Å². The smallest absolute Gasteiger partial charge is 0.233 e. The molecule has 0 aliphatic carbocycles. The molecule has 6 nitrogen and oxygen atoms in total. The molecule has 24 heavy (non-hydrogen) atoms. The number of benzene rings is 1. The minimum Gasteiger partial charge on any atom is -0.351 e. The molecule has 0 aliphatic heterocycles. The second kappa shape index (κ2) is 8.07. The van der Waals surface area contributed by atoms with Gasteiger partial charge in [-0.1, -0.05) is 48.2 Å². The number of tetrazole rings is 1. The Kier molecular flexibility index (Phi) is 5.60. The van der Waals surface area contributed by atoms with E-state index in [0.717, 1.165) is 5.56 Å². The Hall–Kier alpha value is -2.19. The van der Waals surface area contributed by atoms with Gasteiger partial charge in [-0.15, -0.1) is 16.4 Å². The molecule has 1 amide bonds. The van der Waals surface area contributed by atoms with Gasteiger partial charge in [-0.2, -0.15) is 0 Å². The van der Waals surface area contributed by atoms with Crippen molar-refractivity contribution >= 4 is 29.0 Å². The summed E-state index contributed by atoms with van der Waals surface area (Å²) >= 11 is 3.02. The van der Waals surface area contributed by atoms with E-state index in [9.17, 15) is 4.79 Å². The van der Waals surface area contributed by atoms with Gasteiger partial charge in [0.15, 0.2) is 0 Å². The second-order valence-electron chi connectivity index (χ2n) is 5.16. The number of aromatic nitrogens is 4. The average Bonchev–Trinajstić information content (AvgIpc) is 3.26. The van der Waals surface area contributed by atoms with Crippen LogP contribution in [0.25, 0.3) is 0 Å². The van der Waals surface area contributed by atoms with Gasteiger partial charge in [-0.05, 0) is 34.4 Å². The van der Waals surface area contributed by atoms with Gasteiger partial charge >= 0.3 is 0 Å². The van der Waals surface area contributed by atoms with Gasteiger partial charge < -0.3 is 5.32 Å². The first kappa shape index (κ1) is 16.7. The van der Waals surface area contributed by atoms with E-state index in [1.54, 1.807) is 16.0 Å². The van der Waals surface area contributed by atoms with Crippen LogP contribution in [0, 0.1) is 0 Å². The molecule has 1 N–H and O–H groups in total. The molecule has 0 radical (unpaired) electrons. The molecule has 0 aliphatic rings. The first-order chi connectivity index (χ1) is 11.7. The monoisotopic (exact) mass is 359 g/mol. The Morgan fingerprint density at radius 1 is 1.29 bits per heavy atom. The number of carbonyl (C=O) groups excluding carboxylic acids is 1. The van der Waals surface area contributed by atoms with Gasteiger partial charge in [0.05, 0.1) is 11.8 Å². The fourth-order valence-electron chi connectivity index (χ4n) is 2.07. The highest BCUT2D eigenvalue weighted by Crippen LogP contribution is 2.21. The SMILES string of the molecule is C[C@H](Sc1nnnn1Cc1cccs1)C(=O)NCc1ccccc1. The van der Waals surface area contributed by atoms with E-state index in [-0.39, 0.29) is 11.2 Å². The Labute approximate surface area is 148 Å². The molecule has 1 aromatic carbocycles. The van der Waals surface area contributed by atoms with E-state index >= 15 is 0 Å². The van der Waals surface area contributed by atoms with Crippen LogP contribution in [0.5, 0.6) is 0 Å². The lowest BCUT2D eigenvalue weighted by Gasteiger charge is -2.11. The lowest BCUT2D eigenvalue weighted by Crippen LogP contribution is -2.30. The molecule has 2 heterocycles. The van der Waals surface area contributed by atoms with Crippen molar-refractivity contribution in [2.75, 3.05) is 0 Å². The predicted molar refractivity (Wildman–Crippen MR) is 94.8 cm³/mol. The zero-order valence-electron chi connectivity index (χ0n) is 13.1. The number of rotatable bonds is 7. The molecule has 0 saturated heterocycles. The minimum atomic E-state index is -0.276. The summed E-state index contributed by atoms with van der Waals surface area (Å²) in [4.78, 5) is 13.4. The van der Waals surface area contributed by atoms with Crippen molar-refractivity contribution in [2.45, 2.75) is 30.4 Å². The van der Waals surface area contributed by atoms with Crippen molar-refractivity contribution in [3.8, 4) is 0 Å². The van der Waals surface area contributed by atoms with Crippen molar-refractivity contribution in [1.82, 2.24) is 25.5 Å². The zero-order valence-corrected chi connectivity index (χ0v) is 14.8. The molecule has 8 heteroatoms. The maximum Gasteiger partial charge on any atom is 0.233 e. The quantitative estimate of drug-likeness (QED) is 0.657. The third-order valence-electron chi connectivity index (χ3n) is 3.35. The van der Waals surface area contributed by atoms with Crippen LogP contribution in [0.3, 0.4) is 0 Å². The standard InChI is InChI=1S/C16H17N5OS2/c1-12(15(22)17-10-13-6-3-2-4-7-13)24-16-18-19-20-21(16)11-14-8-5-9-23-14/h2-9,12H,10-11H2,1H3,(H,17,22)/t12-/m0/s1. The molecular formula is C16H17N5OS2. The maximum atomic E-state index is 12.3. The van der Waals surface area contributed by atoms with Gasteiger partial charge in [0.2, 0.25) is 11.1 Å². The molecule has 0 bridgehead atoms. The Bertz CT molecular complexity index is 773. The van der Waals surface area contributed by atoms with Crippen molar-refractivity contribution in [2.24, 2.45) is 0 Å². The number of thioether (sulfide) groups is 1. The summed E-state index contributed by atoms with van der Waals surface area (Å²) in [6.45, 7) is 2.99. The lowest BCUT2D eigenvalue weighted by atomic mass is 10.2. The highest BCUT2D eigenvalue weighted by molar-refractivity contribution is 8.00. The van der Waals surface area contributed by atoms with Crippen molar-refractivity contribution in [3.63, 3.8) is 0 Å². The summed E-state index contributed by atoms with van der Waals surface area (Å²) in [7, 11) is 0. The van der Waals surface area contributed by atoms with Crippen LogP contribution in [0.2, 0.25) is 0 Å². The molecule has 0 unspecified atom stereocenters. The van der Waals surface area contributed by atoms with E-state index in [2.05, 4.69) is 20.8 Å². The number of amides is 1. The van der Waals surface area contributed by atoms with Crippen LogP contribution in [0.4, 0.5) is 0 Å². The maximum absolute atomic E-state index is 12.3. The highest BCUT2D eigenvalue weighted by Gasteiger charge is 2.18. The van der Waals surface area contributed by atoms with Crippen LogP contribution in [-0.4, -0.2) is 31.4 Å². The number of hydrogen-bond donors (Lipinski definition) is 1. The molecule has 1 atom stereocenters. The van der Waals surface area contributed by atoms with Crippen molar-refractivity contribution in [3.05, 3.63) is 58.3 Å². The number of carbonyl (C=O) groups is 1. The molecule has 124 valence electrons. The van der Waals surface area contributed by atoms with Gasteiger partial charge in [-0.25, -0.2) is 4.68 Å². The summed E-state index contributed by atoms with van der Waals surface area (Å²) in [5.41, 5.74) is 1.07. The summed E-state index contributed by atoms with van der Waals surface area (Å²) in [5, 5.41) is 17.1. The van der Waals surface area contributed by atoms with Gasteiger partial charge in [0.1, 0.15) is 0 Å². The lowest BCUT2D eigenvalue weighted by molar-refractivity contribution is -0.120. The Morgan fingerprint density at radius 2 is 2.12 bits per heavy atom. The Morgan fingerprint density at radius 3 is 2.88 bits per heavy atom. The average molecular weight is 359 g/mol. The van der Waals surface area contributed by atoms with Crippen LogP contribution in [0.15, 0.2) is 53.0 Å². The molecule has 0 fully saturated rings.